The Hall–Kier alpha value is -2.06. The van der Waals surface area contributed by atoms with Crippen molar-refractivity contribution < 1.29 is 26.5 Å². The predicted molar refractivity (Wildman–Crippen MR) is 102 cm³/mol. The topological polar surface area (TPSA) is 142 Å². The molecule has 0 atom stereocenters. The van der Waals surface area contributed by atoms with E-state index in [2.05, 4.69) is 5.10 Å². The molecule has 0 amide bonds. The summed E-state index contributed by atoms with van der Waals surface area (Å²) in [5.74, 6) is 0. The van der Waals surface area contributed by atoms with E-state index >= 15 is 0 Å². The van der Waals surface area contributed by atoms with Crippen LogP contribution in [0.15, 0.2) is 28.0 Å². The molecule has 2 aromatic rings. The van der Waals surface area contributed by atoms with Gasteiger partial charge in [-0.2, -0.15) is 21.9 Å². The molecular formula is C15H17ClN4O7S2. The normalized spacial score (nSPS) is 16.1. The molecule has 1 aliphatic heterocycles. The quantitative estimate of drug-likeness (QED) is 0.476. The van der Waals surface area contributed by atoms with Crippen molar-refractivity contribution in [1.82, 2.24) is 13.5 Å². The molecule has 158 valence electrons. The zero-order chi connectivity index (χ0) is 21.6. The van der Waals surface area contributed by atoms with Crippen LogP contribution in [-0.2, 0) is 24.8 Å². The lowest BCUT2D eigenvalue weighted by molar-refractivity contribution is -0.384. The van der Waals surface area contributed by atoms with Crippen molar-refractivity contribution >= 4 is 37.3 Å². The molecule has 0 spiro atoms. The monoisotopic (exact) mass is 464 g/mol. The molecule has 14 heteroatoms. The van der Waals surface area contributed by atoms with Crippen LogP contribution in [0, 0.1) is 24.0 Å². The molecule has 1 aromatic heterocycles. The van der Waals surface area contributed by atoms with Gasteiger partial charge in [-0.1, -0.05) is 11.6 Å². The Kier molecular flexibility index (Phi) is 5.71. The van der Waals surface area contributed by atoms with E-state index in [1.807, 2.05) is 0 Å². The molecule has 0 bridgehead atoms. The second-order valence-electron chi connectivity index (χ2n) is 6.23. The van der Waals surface area contributed by atoms with Crippen molar-refractivity contribution in [3.63, 3.8) is 0 Å². The Morgan fingerprint density at radius 1 is 1.14 bits per heavy atom. The molecule has 2 heterocycles. The van der Waals surface area contributed by atoms with Crippen LogP contribution < -0.4 is 0 Å². The molecule has 1 aliphatic rings. The van der Waals surface area contributed by atoms with Gasteiger partial charge in [-0.25, -0.2) is 8.42 Å². The maximum Gasteiger partial charge on any atom is 0.289 e. The molecule has 1 aromatic carbocycles. The molecule has 0 saturated carbocycles. The molecule has 3 rings (SSSR count). The molecule has 1 fully saturated rings. The van der Waals surface area contributed by atoms with Crippen LogP contribution in [0.3, 0.4) is 0 Å². The van der Waals surface area contributed by atoms with Gasteiger partial charge >= 0.3 is 0 Å². The van der Waals surface area contributed by atoms with Crippen molar-refractivity contribution in [3.05, 3.63) is 44.7 Å². The zero-order valence-corrected chi connectivity index (χ0v) is 17.8. The minimum Gasteiger partial charge on any atom is -0.379 e. The average Bonchev–Trinajstić information content (AvgIpc) is 2.98. The highest BCUT2D eigenvalue weighted by Crippen LogP contribution is 2.30. The van der Waals surface area contributed by atoms with Gasteiger partial charge in [0.05, 0.1) is 34.4 Å². The van der Waals surface area contributed by atoms with Gasteiger partial charge in [-0.3, -0.25) is 10.1 Å². The van der Waals surface area contributed by atoms with Crippen LogP contribution >= 0.6 is 11.6 Å². The third-order valence-corrected chi connectivity index (χ3v) is 8.52. The van der Waals surface area contributed by atoms with Gasteiger partial charge in [-0.15, -0.1) is 0 Å². The first-order valence-electron chi connectivity index (χ1n) is 8.31. The number of nitrogens with zero attached hydrogens (tertiary/aromatic N) is 4. The number of sulfonamides is 1. The molecule has 11 nitrogen and oxygen atoms in total. The molecule has 29 heavy (non-hydrogen) atoms. The summed E-state index contributed by atoms with van der Waals surface area (Å²) in [6, 6.07) is 2.99. The molecule has 0 aliphatic carbocycles. The first-order chi connectivity index (χ1) is 13.5. The van der Waals surface area contributed by atoms with Gasteiger partial charge in [0.25, 0.3) is 15.7 Å². The number of aryl methyl sites for hydroxylation is 1. The number of benzene rings is 1. The SMILES string of the molecule is Cc1nn(S(=O)(=O)c2ccc(Cl)c([N+](=O)[O-])c2)c(C)c1S(=O)(=O)N1CCOCC1. The van der Waals surface area contributed by atoms with Crippen molar-refractivity contribution in [2.24, 2.45) is 0 Å². The lowest BCUT2D eigenvalue weighted by Gasteiger charge is -2.26. The third kappa shape index (κ3) is 3.75. The number of halogens is 1. The second kappa shape index (κ2) is 7.65. The van der Waals surface area contributed by atoms with E-state index < -0.39 is 35.6 Å². The van der Waals surface area contributed by atoms with E-state index in [9.17, 15) is 26.9 Å². The maximum absolute atomic E-state index is 13.0. The number of hydrogen-bond donors (Lipinski definition) is 0. The second-order valence-corrected chi connectivity index (χ2v) is 10.3. The van der Waals surface area contributed by atoms with Crippen molar-refractivity contribution in [2.45, 2.75) is 23.6 Å². The summed E-state index contributed by atoms with van der Waals surface area (Å²) in [6.45, 7) is 3.45. The fourth-order valence-electron chi connectivity index (χ4n) is 3.02. The van der Waals surface area contributed by atoms with Gasteiger partial charge in [0.1, 0.15) is 9.92 Å². The van der Waals surface area contributed by atoms with Crippen LogP contribution in [-0.4, -0.2) is 61.6 Å². The number of hydrogen-bond acceptors (Lipinski definition) is 8. The van der Waals surface area contributed by atoms with Crippen molar-refractivity contribution in [2.75, 3.05) is 26.3 Å². The van der Waals surface area contributed by atoms with E-state index in [0.29, 0.717) is 4.09 Å². The summed E-state index contributed by atoms with van der Waals surface area (Å²) >= 11 is 5.74. The summed E-state index contributed by atoms with van der Waals surface area (Å²) in [4.78, 5) is 9.62. The highest BCUT2D eigenvalue weighted by atomic mass is 35.5. The Balaban J connectivity index is 2.13. The van der Waals surface area contributed by atoms with Gasteiger partial charge in [0, 0.05) is 19.2 Å². The van der Waals surface area contributed by atoms with E-state index in [-0.39, 0.29) is 47.6 Å². The minimum absolute atomic E-state index is 0.000954. The minimum atomic E-state index is -4.40. The van der Waals surface area contributed by atoms with Crippen LogP contribution in [0.25, 0.3) is 0 Å². The molecule has 0 unspecified atom stereocenters. The first kappa shape index (κ1) is 21.6. The van der Waals surface area contributed by atoms with Crippen LogP contribution in [0.2, 0.25) is 5.02 Å². The lowest BCUT2D eigenvalue weighted by Crippen LogP contribution is -2.41. The highest BCUT2D eigenvalue weighted by Gasteiger charge is 2.35. The van der Waals surface area contributed by atoms with E-state index in [4.69, 9.17) is 16.3 Å². The summed E-state index contributed by atoms with van der Waals surface area (Å²) in [7, 11) is -8.40. The summed E-state index contributed by atoms with van der Waals surface area (Å²) in [5.41, 5.74) is -0.706. The zero-order valence-electron chi connectivity index (χ0n) is 15.4. The smallest absolute Gasteiger partial charge is 0.289 e. The fourth-order valence-corrected chi connectivity index (χ4v) is 6.41. The van der Waals surface area contributed by atoms with Gasteiger partial charge < -0.3 is 4.74 Å². The third-order valence-electron chi connectivity index (χ3n) is 4.39. The number of rotatable bonds is 5. The van der Waals surface area contributed by atoms with E-state index in [1.54, 1.807) is 0 Å². The summed E-state index contributed by atoms with van der Waals surface area (Å²) in [5, 5.41) is 14.8. The van der Waals surface area contributed by atoms with Gasteiger partial charge in [-0.05, 0) is 26.0 Å². The fraction of sp³-hybridized carbons (Fsp3) is 0.400. The first-order valence-corrected chi connectivity index (χ1v) is 11.6. The number of nitro groups is 1. The van der Waals surface area contributed by atoms with Crippen LogP contribution in [0.1, 0.15) is 11.4 Å². The largest absolute Gasteiger partial charge is 0.379 e. The number of aromatic nitrogens is 2. The van der Waals surface area contributed by atoms with Gasteiger partial charge in [0.15, 0.2) is 0 Å². The summed E-state index contributed by atoms with van der Waals surface area (Å²) in [6.07, 6.45) is 0. The number of morpholine rings is 1. The lowest BCUT2D eigenvalue weighted by atomic mass is 10.3. The molecule has 0 radical (unpaired) electrons. The van der Waals surface area contributed by atoms with Crippen molar-refractivity contribution in [3.8, 4) is 0 Å². The summed E-state index contributed by atoms with van der Waals surface area (Å²) < 4.78 is 59.0. The molecule has 1 saturated heterocycles. The Morgan fingerprint density at radius 2 is 1.76 bits per heavy atom. The maximum atomic E-state index is 13.0. The van der Waals surface area contributed by atoms with E-state index in [1.165, 1.54) is 18.2 Å². The predicted octanol–water partition coefficient (Wildman–Crippen LogP) is 1.32. The molecule has 0 N–H and O–H groups in total. The van der Waals surface area contributed by atoms with Crippen molar-refractivity contribution in [1.29, 1.82) is 0 Å². The Labute approximate surface area is 172 Å². The van der Waals surface area contributed by atoms with E-state index in [0.717, 1.165) is 18.2 Å². The van der Waals surface area contributed by atoms with Crippen LogP contribution in [0.5, 0.6) is 0 Å². The Bertz CT molecular complexity index is 1190. The van der Waals surface area contributed by atoms with Gasteiger partial charge in [0.2, 0.25) is 10.0 Å². The number of nitro benzene ring substituents is 1. The van der Waals surface area contributed by atoms with Crippen LogP contribution in [0.4, 0.5) is 5.69 Å². The number of ether oxygens (including phenoxy) is 1. The average molecular weight is 465 g/mol. The highest BCUT2D eigenvalue weighted by molar-refractivity contribution is 7.90. The Morgan fingerprint density at radius 3 is 2.34 bits per heavy atom. The molecular weight excluding hydrogens is 448 g/mol. The standard InChI is InChI=1S/C15H17ClN4O7S2/c1-10-15(29(25,26)18-5-7-27-8-6-18)11(2)19(17-10)28(23,24)12-3-4-13(16)14(9-12)20(21)22/h3-4,9H,5-8H2,1-2H3.